The number of carbonyl (C=O) groups is 1. The average molecular weight is 276 g/mol. The Morgan fingerprint density at radius 1 is 1.45 bits per heavy atom. The molecule has 0 bridgehead atoms. The van der Waals surface area contributed by atoms with E-state index in [0.717, 1.165) is 0 Å². The number of benzene rings is 1. The molecule has 8 nitrogen and oxygen atoms in total. The minimum Gasteiger partial charge on any atom is -0.387 e. The molecule has 2 aromatic rings. The summed E-state index contributed by atoms with van der Waals surface area (Å²) in [5.41, 5.74) is 0.556. The van der Waals surface area contributed by atoms with Gasteiger partial charge < -0.3 is 15.2 Å². The predicted octanol–water partition coefficient (Wildman–Crippen LogP) is 1.55. The number of nitro groups is 1. The van der Waals surface area contributed by atoms with Crippen molar-refractivity contribution < 1.29 is 14.2 Å². The standard InChI is InChI=1S/C12H12N4O4/c1-13-11-3-2-8(16(18)19)6-10(11)12(17)14-7-9-4-5-15-20-9/h2-6,13H,7H2,1H3,(H,14,17). The molecular formula is C12H12N4O4. The van der Waals surface area contributed by atoms with Gasteiger partial charge in [0, 0.05) is 30.9 Å². The summed E-state index contributed by atoms with van der Waals surface area (Å²) in [4.78, 5) is 22.3. The summed E-state index contributed by atoms with van der Waals surface area (Å²) >= 11 is 0. The number of anilines is 1. The predicted molar refractivity (Wildman–Crippen MR) is 70.3 cm³/mol. The Bertz CT molecular complexity index is 624. The third kappa shape index (κ3) is 2.91. The Hall–Kier alpha value is -2.90. The van der Waals surface area contributed by atoms with Gasteiger partial charge in [-0.3, -0.25) is 14.9 Å². The van der Waals surface area contributed by atoms with Crippen molar-refractivity contribution in [2.45, 2.75) is 6.54 Å². The van der Waals surface area contributed by atoms with Crippen LogP contribution in [0.1, 0.15) is 16.1 Å². The Morgan fingerprint density at radius 3 is 2.85 bits per heavy atom. The SMILES string of the molecule is CNc1ccc([N+](=O)[O-])cc1C(=O)NCc1ccno1. The van der Waals surface area contributed by atoms with Crippen molar-refractivity contribution in [1.82, 2.24) is 10.5 Å². The quantitative estimate of drug-likeness (QED) is 0.633. The summed E-state index contributed by atoms with van der Waals surface area (Å²) in [7, 11) is 1.63. The van der Waals surface area contributed by atoms with E-state index in [1.54, 1.807) is 13.1 Å². The fourth-order valence-electron chi connectivity index (χ4n) is 1.65. The normalized spacial score (nSPS) is 10.1. The van der Waals surface area contributed by atoms with Crippen LogP contribution in [-0.4, -0.2) is 23.0 Å². The molecule has 0 unspecified atom stereocenters. The maximum Gasteiger partial charge on any atom is 0.270 e. The molecule has 0 saturated carbocycles. The van der Waals surface area contributed by atoms with Crippen LogP contribution >= 0.6 is 0 Å². The first-order chi connectivity index (χ1) is 9.61. The lowest BCUT2D eigenvalue weighted by Crippen LogP contribution is -2.23. The van der Waals surface area contributed by atoms with Crippen LogP contribution in [0.2, 0.25) is 0 Å². The lowest BCUT2D eigenvalue weighted by molar-refractivity contribution is -0.384. The highest BCUT2D eigenvalue weighted by atomic mass is 16.6. The van der Waals surface area contributed by atoms with Crippen molar-refractivity contribution in [3.05, 3.63) is 51.9 Å². The number of amides is 1. The number of hydrogen-bond donors (Lipinski definition) is 2. The third-order valence-electron chi connectivity index (χ3n) is 2.64. The van der Waals surface area contributed by atoms with Gasteiger partial charge >= 0.3 is 0 Å². The van der Waals surface area contributed by atoms with E-state index in [1.165, 1.54) is 24.4 Å². The molecule has 1 aromatic heterocycles. The monoisotopic (exact) mass is 276 g/mol. The summed E-state index contributed by atoms with van der Waals surface area (Å²) < 4.78 is 4.85. The maximum absolute atomic E-state index is 12.1. The Labute approximate surface area is 113 Å². The summed E-state index contributed by atoms with van der Waals surface area (Å²) in [6, 6.07) is 5.66. The summed E-state index contributed by atoms with van der Waals surface area (Å²) in [5.74, 6) is 0.0595. The second-order valence-electron chi connectivity index (χ2n) is 3.90. The van der Waals surface area contributed by atoms with Crippen LogP contribution in [0.5, 0.6) is 0 Å². The average Bonchev–Trinajstić information content (AvgIpc) is 2.97. The van der Waals surface area contributed by atoms with Gasteiger partial charge in [-0.15, -0.1) is 0 Å². The summed E-state index contributed by atoms with van der Waals surface area (Å²) in [5, 5.41) is 19.7. The molecular weight excluding hydrogens is 264 g/mol. The fraction of sp³-hybridized carbons (Fsp3) is 0.167. The van der Waals surface area contributed by atoms with Gasteiger partial charge in [-0.2, -0.15) is 0 Å². The number of rotatable bonds is 5. The van der Waals surface area contributed by atoms with Crippen molar-refractivity contribution in [2.24, 2.45) is 0 Å². The highest BCUT2D eigenvalue weighted by Crippen LogP contribution is 2.21. The minimum absolute atomic E-state index is 0.145. The Kier molecular flexibility index (Phi) is 3.94. The highest BCUT2D eigenvalue weighted by Gasteiger charge is 2.16. The molecule has 0 radical (unpaired) electrons. The molecule has 2 rings (SSSR count). The summed E-state index contributed by atoms with van der Waals surface area (Å²) in [6.45, 7) is 0.157. The lowest BCUT2D eigenvalue weighted by atomic mass is 10.1. The van der Waals surface area contributed by atoms with Crippen LogP contribution < -0.4 is 10.6 Å². The van der Waals surface area contributed by atoms with Gasteiger partial charge in [0.25, 0.3) is 11.6 Å². The van der Waals surface area contributed by atoms with E-state index >= 15 is 0 Å². The van der Waals surface area contributed by atoms with Crippen molar-refractivity contribution in [3.8, 4) is 0 Å². The number of nitro benzene ring substituents is 1. The second-order valence-corrected chi connectivity index (χ2v) is 3.90. The van der Waals surface area contributed by atoms with Crippen LogP contribution in [0.15, 0.2) is 35.0 Å². The van der Waals surface area contributed by atoms with Gasteiger partial charge in [0.05, 0.1) is 23.2 Å². The van der Waals surface area contributed by atoms with Crippen LogP contribution in [0, 0.1) is 10.1 Å². The van der Waals surface area contributed by atoms with Crippen molar-refractivity contribution in [2.75, 3.05) is 12.4 Å². The lowest BCUT2D eigenvalue weighted by Gasteiger charge is -2.08. The molecule has 1 heterocycles. The minimum atomic E-state index is -0.549. The smallest absolute Gasteiger partial charge is 0.270 e. The molecule has 2 N–H and O–H groups in total. The molecule has 20 heavy (non-hydrogen) atoms. The van der Waals surface area contributed by atoms with E-state index in [2.05, 4.69) is 15.8 Å². The molecule has 104 valence electrons. The van der Waals surface area contributed by atoms with Crippen molar-refractivity contribution in [1.29, 1.82) is 0 Å². The first-order valence-corrected chi connectivity index (χ1v) is 5.75. The number of hydrogen-bond acceptors (Lipinski definition) is 6. The van der Waals surface area contributed by atoms with Gasteiger partial charge in [0.2, 0.25) is 0 Å². The molecule has 0 spiro atoms. The number of nitrogens with one attached hydrogen (secondary N) is 2. The van der Waals surface area contributed by atoms with E-state index in [1.807, 2.05) is 0 Å². The zero-order valence-electron chi connectivity index (χ0n) is 10.6. The summed E-state index contributed by atoms with van der Waals surface area (Å²) in [6.07, 6.45) is 1.47. The number of carbonyl (C=O) groups excluding carboxylic acids is 1. The topological polar surface area (TPSA) is 110 Å². The third-order valence-corrected chi connectivity index (χ3v) is 2.64. The van der Waals surface area contributed by atoms with Gasteiger partial charge in [-0.25, -0.2) is 0 Å². The van der Waals surface area contributed by atoms with E-state index in [4.69, 9.17) is 4.52 Å². The van der Waals surface area contributed by atoms with Gasteiger partial charge in [-0.05, 0) is 6.07 Å². The zero-order chi connectivity index (χ0) is 14.5. The van der Waals surface area contributed by atoms with E-state index in [-0.39, 0.29) is 17.8 Å². The van der Waals surface area contributed by atoms with E-state index < -0.39 is 10.8 Å². The van der Waals surface area contributed by atoms with Gasteiger partial charge in [-0.1, -0.05) is 5.16 Å². The van der Waals surface area contributed by atoms with Crippen molar-refractivity contribution >= 4 is 17.3 Å². The molecule has 8 heteroatoms. The van der Waals surface area contributed by atoms with Crippen LogP contribution in [0.3, 0.4) is 0 Å². The fourth-order valence-corrected chi connectivity index (χ4v) is 1.65. The highest BCUT2D eigenvalue weighted by molar-refractivity contribution is 6.00. The first kappa shape index (κ1) is 13.5. The molecule has 0 aliphatic rings. The maximum atomic E-state index is 12.1. The van der Waals surface area contributed by atoms with Gasteiger partial charge in [0.15, 0.2) is 5.76 Å². The van der Waals surface area contributed by atoms with Crippen LogP contribution in [0.4, 0.5) is 11.4 Å². The molecule has 0 fully saturated rings. The number of non-ortho nitro benzene ring substituents is 1. The molecule has 0 saturated heterocycles. The molecule has 0 aliphatic heterocycles. The Balaban J connectivity index is 2.18. The van der Waals surface area contributed by atoms with E-state index in [9.17, 15) is 14.9 Å². The van der Waals surface area contributed by atoms with Gasteiger partial charge in [0.1, 0.15) is 0 Å². The second kappa shape index (κ2) is 5.83. The van der Waals surface area contributed by atoms with Crippen LogP contribution in [-0.2, 0) is 6.54 Å². The molecule has 0 aliphatic carbocycles. The van der Waals surface area contributed by atoms with Crippen LogP contribution in [0.25, 0.3) is 0 Å². The number of nitrogens with zero attached hydrogens (tertiary/aromatic N) is 2. The first-order valence-electron chi connectivity index (χ1n) is 5.75. The molecule has 1 aromatic carbocycles. The molecule has 0 atom stereocenters. The number of aromatic nitrogens is 1. The largest absolute Gasteiger partial charge is 0.387 e. The molecule has 1 amide bonds. The van der Waals surface area contributed by atoms with Crippen molar-refractivity contribution in [3.63, 3.8) is 0 Å². The Morgan fingerprint density at radius 2 is 2.25 bits per heavy atom. The zero-order valence-corrected chi connectivity index (χ0v) is 10.6. The van der Waals surface area contributed by atoms with E-state index in [0.29, 0.717) is 11.4 Å².